The molecule has 100 valence electrons. The summed E-state index contributed by atoms with van der Waals surface area (Å²) in [6, 6.07) is 1.16. The Labute approximate surface area is 106 Å². The summed E-state index contributed by atoms with van der Waals surface area (Å²) >= 11 is 0. The van der Waals surface area contributed by atoms with Gasteiger partial charge in [0, 0.05) is 37.1 Å². The monoisotopic (exact) mass is 240 g/mol. The van der Waals surface area contributed by atoms with Gasteiger partial charge in [-0.25, -0.2) is 0 Å². The predicted octanol–water partition coefficient (Wildman–Crippen LogP) is 2.25. The summed E-state index contributed by atoms with van der Waals surface area (Å²) in [5.74, 6) is 0.817. The maximum Gasteiger partial charge on any atom is 0.0969 e. The number of hydrogen-bond acceptors (Lipinski definition) is 3. The second-order valence-electron chi connectivity index (χ2n) is 6.03. The lowest BCUT2D eigenvalue weighted by Gasteiger charge is -2.52. The molecule has 0 aliphatic carbocycles. The van der Waals surface area contributed by atoms with Crippen molar-refractivity contribution in [2.75, 3.05) is 26.2 Å². The minimum Gasteiger partial charge on any atom is -0.498 e. The molecule has 1 N–H and O–H groups in total. The number of hydrogen-bond donors (Lipinski definition) is 1. The molecule has 1 aliphatic rings. The largest absolute Gasteiger partial charge is 0.498 e. The van der Waals surface area contributed by atoms with Gasteiger partial charge in [0.15, 0.2) is 0 Å². The van der Waals surface area contributed by atoms with E-state index in [2.05, 4.69) is 44.5 Å². The molecule has 0 aromatic heterocycles. The van der Waals surface area contributed by atoms with E-state index in [-0.39, 0.29) is 5.41 Å². The van der Waals surface area contributed by atoms with Gasteiger partial charge in [-0.1, -0.05) is 20.4 Å². The van der Waals surface area contributed by atoms with Crippen LogP contribution in [0.5, 0.6) is 0 Å². The van der Waals surface area contributed by atoms with Crippen LogP contribution in [0.2, 0.25) is 0 Å². The standard InChI is InChI=1S/C14H28N2O/c1-11(2)15-7-14(10-17-13(5)6)8-16(9-14)12(3)4/h11-12,15H,5,7-10H2,1-4,6H3. The van der Waals surface area contributed by atoms with Gasteiger partial charge in [-0.3, -0.25) is 4.90 Å². The minimum atomic E-state index is 0.271. The number of nitrogens with one attached hydrogen (secondary N) is 1. The SMILES string of the molecule is C=C(C)OCC1(CNC(C)C)CN(C(C)C)C1. The van der Waals surface area contributed by atoms with Crippen LogP contribution in [0.1, 0.15) is 34.6 Å². The number of nitrogens with zero attached hydrogens (tertiary/aromatic N) is 1. The Morgan fingerprint density at radius 3 is 2.35 bits per heavy atom. The average molecular weight is 240 g/mol. The number of likely N-dealkylation sites (tertiary alicyclic amines) is 1. The first-order valence-corrected chi connectivity index (χ1v) is 6.60. The normalized spacial score (nSPS) is 19.5. The Morgan fingerprint density at radius 1 is 1.35 bits per heavy atom. The Balaban J connectivity index is 2.46. The fraction of sp³-hybridized carbons (Fsp3) is 0.857. The maximum absolute atomic E-state index is 5.65. The van der Waals surface area contributed by atoms with Gasteiger partial charge in [-0.15, -0.1) is 0 Å². The molecule has 0 radical (unpaired) electrons. The van der Waals surface area contributed by atoms with Crippen LogP contribution in [0.25, 0.3) is 0 Å². The van der Waals surface area contributed by atoms with Crippen molar-refractivity contribution in [2.45, 2.75) is 46.7 Å². The summed E-state index contributed by atoms with van der Waals surface area (Å²) in [7, 11) is 0. The van der Waals surface area contributed by atoms with Crippen molar-refractivity contribution in [3.05, 3.63) is 12.3 Å². The molecular formula is C14H28N2O. The van der Waals surface area contributed by atoms with E-state index in [0.717, 1.165) is 32.0 Å². The van der Waals surface area contributed by atoms with E-state index in [4.69, 9.17) is 4.74 Å². The van der Waals surface area contributed by atoms with E-state index in [9.17, 15) is 0 Å². The van der Waals surface area contributed by atoms with Gasteiger partial charge in [-0.2, -0.15) is 0 Å². The summed E-state index contributed by atoms with van der Waals surface area (Å²) in [4.78, 5) is 2.49. The molecule has 3 nitrogen and oxygen atoms in total. The first-order valence-electron chi connectivity index (χ1n) is 6.60. The van der Waals surface area contributed by atoms with E-state index in [0.29, 0.717) is 12.1 Å². The Bertz CT molecular complexity index is 249. The molecule has 1 heterocycles. The van der Waals surface area contributed by atoms with E-state index in [1.165, 1.54) is 0 Å². The fourth-order valence-electron chi connectivity index (χ4n) is 2.13. The fourth-order valence-corrected chi connectivity index (χ4v) is 2.13. The van der Waals surface area contributed by atoms with Crippen LogP contribution < -0.4 is 5.32 Å². The topological polar surface area (TPSA) is 24.5 Å². The summed E-state index contributed by atoms with van der Waals surface area (Å²) in [6.07, 6.45) is 0. The summed E-state index contributed by atoms with van der Waals surface area (Å²) in [5, 5.41) is 3.54. The molecule has 0 aromatic rings. The molecule has 0 spiro atoms. The van der Waals surface area contributed by atoms with Crippen molar-refractivity contribution in [3.8, 4) is 0 Å². The lowest BCUT2D eigenvalue weighted by Crippen LogP contribution is -2.64. The molecule has 0 atom stereocenters. The first kappa shape index (κ1) is 14.5. The van der Waals surface area contributed by atoms with Gasteiger partial charge in [0.1, 0.15) is 0 Å². The highest BCUT2D eigenvalue weighted by molar-refractivity contribution is 4.98. The van der Waals surface area contributed by atoms with Crippen molar-refractivity contribution < 1.29 is 4.74 Å². The van der Waals surface area contributed by atoms with Gasteiger partial charge in [0.25, 0.3) is 0 Å². The molecule has 0 unspecified atom stereocenters. The maximum atomic E-state index is 5.65. The first-order chi connectivity index (χ1) is 7.84. The molecule has 1 fully saturated rings. The second kappa shape index (κ2) is 5.87. The van der Waals surface area contributed by atoms with Gasteiger partial charge in [0.05, 0.1) is 12.4 Å². The minimum absolute atomic E-state index is 0.271. The highest BCUT2D eigenvalue weighted by Gasteiger charge is 2.44. The van der Waals surface area contributed by atoms with Crippen molar-refractivity contribution >= 4 is 0 Å². The van der Waals surface area contributed by atoms with Crippen molar-refractivity contribution in [1.29, 1.82) is 0 Å². The predicted molar refractivity (Wildman–Crippen MR) is 73.0 cm³/mol. The van der Waals surface area contributed by atoms with Crippen molar-refractivity contribution in [2.24, 2.45) is 5.41 Å². The second-order valence-corrected chi connectivity index (χ2v) is 6.03. The number of rotatable bonds is 7. The van der Waals surface area contributed by atoms with Crippen LogP contribution >= 0.6 is 0 Å². The zero-order valence-corrected chi connectivity index (χ0v) is 12.0. The molecule has 3 heteroatoms. The van der Waals surface area contributed by atoms with Crippen LogP contribution in [0.3, 0.4) is 0 Å². The van der Waals surface area contributed by atoms with Gasteiger partial charge in [-0.05, 0) is 20.8 Å². The van der Waals surface area contributed by atoms with Gasteiger partial charge < -0.3 is 10.1 Å². The van der Waals surface area contributed by atoms with E-state index in [1.54, 1.807) is 0 Å². The molecule has 0 aromatic carbocycles. The highest BCUT2D eigenvalue weighted by Crippen LogP contribution is 2.32. The molecule has 0 amide bonds. The molecule has 1 rings (SSSR count). The quantitative estimate of drug-likeness (QED) is 0.691. The summed E-state index contributed by atoms with van der Waals surface area (Å²) in [5.41, 5.74) is 0.271. The van der Waals surface area contributed by atoms with E-state index < -0.39 is 0 Å². The lowest BCUT2D eigenvalue weighted by atomic mass is 9.79. The zero-order valence-electron chi connectivity index (χ0n) is 12.0. The van der Waals surface area contributed by atoms with Gasteiger partial charge in [0.2, 0.25) is 0 Å². The Hall–Kier alpha value is -0.540. The lowest BCUT2D eigenvalue weighted by molar-refractivity contribution is -0.0642. The van der Waals surface area contributed by atoms with Gasteiger partial charge >= 0.3 is 0 Å². The number of allylic oxidation sites excluding steroid dienone is 1. The van der Waals surface area contributed by atoms with E-state index in [1.807, 2.05) is 6.92 Å². The van der Waals surface area contributed by atoms with Crippen LogP contribution in [0.15, 0.2) is 12.3 Å². The molecule has 1 aliphatic heterocycles. The third-order valence-electron chi connectivity index (χ3n) is 3.32. The van der Waals surface area contributed by atoms with Crippen LogP contribution in [0, 0.1) is 5.41 Å². The summed E-state index contributed by atoms with van der Waals surface area (Å²) < 4.78 is 5.65. The molecule has 0 bridgehead atoms. The molecule has 17 heavy (non-hydrogen) atoms. The highest BCUT2D eigenvalue weighted by atomic mass is 16.5. The zero-order chi connectivity index (χ0) is 13.1. The Kier molecular flexibility index (Phi) is 5.02. The third-order valence-corrected chi connectivity index (χ3v) is 3.32. The number of ether oxygens (including phenoxy) is 1. The van der Waals surface area contributed by atoms with Crippen LogP contribution in [-0.2, 0) is 4.74 Å². The smallest absolute Gasteiger partial charge is 0.0969 e. The van der Waals surface area contributed by atoms with Crippen LogP contribution in [-0.4, -0.2) is 43.2 Å². The Morgan fingerprint density at radius 2 is 1.94 bits per heavy atom. The summed E-state index contributed by atoms with van der Waals surface area (Å²) in [6.45, 7) is 18.7. The molecule has 1 saturated heterocycles. The van der Waals surface area contributed by atoms with Crippen molar-refractivity contribution in [3.63, 3.8) is 0 Å². The third kappa shape index (κ3) is 4.32. The van der Waals surface area contributed by atoms with Crippen molar-refractivity contribution in [1.82, 2.24) is 10.2 Å². The van der Waals surface area contributed by atoms with Crippen LogP contribution in [0.4, 0.5) is 0 Å². The molecular weight excluding hydrogens is 212 g/mol. The average Bonchev–Trinajstić information content (AvgIpc) is 2.14. The van der Waals surface area contributed by atoms with E-state index >= 15 is 0 Å². The molecule has 0 saturated carbocycles.